The van der Waals surface area contributed by atoms with Crippen LogP contribution in [0, 0.1) is 11.7 Å². The first kappa shape index (κ1) is 20.2. The van der Waals surface area contributed by atoms with E-state index in [1.807, 2.05) is 6.92 Å². The smallest absolute Gasteiger partial charge is 0.261 e. The predicted molar refractivity (Wildman–Crippen MR) is 110 cm³/mol. The zero-order chi connectivity index (χ0) is 20.1. The molecule has 0 bridgehead atoms. The Labute approximate surface area is 166 Å². The van der Waals surface area contributed by atoms with Crippen LogP contribution >= 0.6 is 0 Å². The van der Waals surface area contributed by atoms with Crippen molar-refractivity contribution in [2.45, 2.75) is 45.8 Å². The number of benzene rings is 2. The van der Waals surface area contributed by atoms with Crippen LogP contribution < -0.4 is 15.0 Å². The number of piperidine rings is 1. The lowest BCUT2D eigenvalue weighted by Gasteiger charge is -2.32. The number of carbonyl (C=O) groups is 1. The first-order valence-electron chi connectivity index (χ1n) is 10.00. The topological polar surface area (TPSA) is 41.6 Å². The molecule has 1 fully saturated rings. The van der Waals surface area contributed by atoms with Gasteiger partial charge in [-0.15, -0.1) is 0 Å². The summed E-state index contributed by atoms with van der Waals surface area (Å²) < 4.78 is 18.6. The van der Waals surface area contributed by atoms with Gasteiger partial charge in [0.1, 0.15) is 11.6 Å². The van der Waals surface area contributed by atoms with Crippen LogP contribution in [0.3, 0.4) is 0 Å². The molecule has 1 heterocycles. The summed E-state index contributed by atoms with van der Waals surface area (Å²) in [5.41, 5.74) is 2.29. The summed E-state index contributed by atoms with van der Waals surface area (Å²) in [5.74, 6) is 0.744. The molecule has 2 atom stereocenters. The number of ether oxygens (including phenoxy) is 1. The van der Waals surface area contributed by atoms with Crippen LogP contribution in [-0.4, -0.2) is 25.1 Å². The molecule has 1 saturated heterocycles. The average molecular weight is 384 g/mol. The van der Waals surface area contributed by atoms with Gasteiger partial charge in [0.2, 0.25) is 0 Å². The van der Waals surface area contributed by atoms with Crippen molar-refractivity contribution in [1.82, 2.24) is 5.32 Å². The summed E-state index contributed by atoms with van der Waals surface area (Å²) in [5, 5.41) is 2.98. The molecule has 0 saturated carbocycles. The van der Waals surface area contributed by atoms with Gasteiger partial charge in [0, 0.05) is 18.8 Å². The molecule has 0 spiro atoms. The second-order valence-corrected chi connectivity index (χ2v) is 7.71. The van der Waals surface area contributed by atoms with Crippen molar-refractivity contribution in [3.63, 3.8) is 0 Å². The van der Waals surface area contributed by atoms with Crippen LogP contribution in [0.4, 0.5) is 10.1 Å². The molecule has 1 N–H and O–H groups in total. The molecule has 5 heteroatoms. The van der Waals surface area contributed by atoms with Gasteiger partial charge in [0.05, 0.1) is 6.04 Å². The maximum atomic E-state index is 13.0. The van der Waals surface area contributed by atoms with E-state index in [0.29, 0.717) is 5.75 Å². The minimum Gasteiger partial charge on any atom is -0.481 e. The Morgan fingerprint density at radius 1 is 1.07 bits per heavy atom. The predicted octanol–water partition coefficient (Wildman–Crippen LogP) is 4.71. The van der Waals surface area contributed by atoms with Crippen molar-refractivity contribution < 1.29 is 13.9 Å². The van der Waals surface area contributed by atoms with E-state index in [1.54, 1.807) is 6.92 Å². The van der Waals surface area contributed by atoms with Gasteiger partial charge in [-0.05, 0) is 74.6 Å². The van der Waals surface area contributed by atoms with E-state index >= 15 is 0 Å². The van der Waals surface area contributed by atoms with Crippen LogP contribution in [-0.2, 0) is 4.79 Å². The van der Waals surface area contributed by atoms with E-state index in [0.717, 1.165) is 24.6 Å². The zero-order valence-corrected chi connectivity index (χ0v) is 16.8. The lowest BCUT2D eigenvalue weighted by Crippen LogP contribution is -2.37. The third-order valence-corrected chi connectivity index (χ3v) is 5.40. The largest absolute Gasteiger partial charge is 0.481 e. The second kappa shape index (κ2) is 9.09. The van der Waals surface area contributed by atoms with Gasteiger partial charge in [0.25, 0.3) is 5.91 Å². The quantitative estimate of drug-likeness (QED) is 0.784. The highest BCUT2D eigenvalue weighted by Crippen LogP contribution is 2.24. The summed E-state index contributed by atoms with van der Waals surface area (Å²) >= 11 is 0. The minimum absolute atomic E-state index is 0.123. The standard InChI is InChI=1S/C23H29FN2O2/c1-16-12-14-26(15-13-16)21-8-4-19(5-9-21)17(2)25-23(27)18(3)28-22-10-6-20(24)7-11-22/h4-11,16-18H,12-15H2,1-3H3,(H,25,27)/t17-,18+/m1/s1. The Morgan fingerprint density at radius 2 is 1.68 bits per heavy atom. The summed E-state index contributed by atoms with van der Waals surface area (Å²) in [6.45, 7) is 8.16. The summed E-state index contributed by atoms with van der Waals surface area (Å²) in [6, 6.07) is 13.9. The van der Waals surface area contributed by atoms with Gasteiger partial charge in [0.15, 0.2) is 6.10 Å². The molecule has 3 rings (SSSR count). The molecule has 0 radical (unpaired) electrons. The van der Waals surface area contributed by atoms with Gasteiger partial charge in [-0.3, -0.25) is 4.79 Å². The van der Waals surface area contributed by atoms with E-state index < -0.39 is 6.10 Å². The molecular weight excluding hydrogens is 355 g/mol. The molecule has 2 aromatic carbocycles. The number of nitrogens with one attached hydrogen (secondary N) is 1. The Hall–Kier alpha value is -2.56. The van der Waals surface area contributed by atoms with E-state index in [4.69, 9.17) is 4.74 Å². The normalized spacial score (nSPS) is 17.1. The van der Waals surface area contributed by atoms with Gasteiger partial charge in [-0.1, -0.05) is 19.1 Å². The Balaban J connectivity index is 1.53. The van der Waals surface area contributed by atoms with E-state index in [-0.39, 0.29) is 17.8 Å². The van der Waals surface area contributed by atoms with Crippen molar-refractivity contribution >= 4 is 11.6 Å². The van der Waals surface area contributed by atoms with Crippen LogP contribution in [0.15, 0.2) is 48.5 Å². The maximum Gasteiger partial charge on any atom is 0.261 e. The highest BCUT2D eigenvalue weighted by Gasteiger charge is 2.19. The number of hydrogen-bond acceptors (Lipinski definition) is 3. The van der Waals surface area contributed by atoms with Gasteiger partial charge in [-0.25, -0.2) is 4.39 Å². The van der Waals surface area contributed by atoms with Crippen molar-refractivity contribution in [2.24, 2.45) is 5.92 Å². The lowest BCUT2D eigenvalue weighted by atomic mass is 9.98. The summed E-state index contributed by atoms with van der Waals surface area (Å²) in [7, 11) is 0. The highest BCUT2D eigenvalue weighted by molar-refractivity contribution is 5.81. The fraction of sp³-hybridized carbons (Fsp3) is 0.435. The number of carbonyl (C=O) groups excluding carboxylic acids is 1. The monoisotopic (exact) mass is 384 g/mol. The fourth-order valence-corrected chi connectivity index (χ4v) is 3.43. The van der Waals surface area contributed by atoms with Crippen molar-refractivity contribution in [1.29, 1.82) is 0 Å². The number of anilines is 1. The SMILES string of the molecule is CC1CCN(c2ccc([C@@H](C)NC(=O)[C@H](C)Oc3ccc(F)cc3)cc2)CC1. The van der Waals surface area contributed by atoms with Crippen molar-refractivity contribution in [3.05, 3.63) is 59.9 Å². The third-order valence-electron chi connectivity index (χ3n) is 5.40. The number of amides is 1. The molecule has 0 unspecified atom stereocenters. The number of halogens is 1. The molecular formula is C23H29FN2O2. The fourth-order valence-electron chi connectivity index (χ4n) is 3.43. The molecule has 1 aliphatic rings. The van der Waals surface area contributed by atoms with E-state index in [2.05, 4.69) is 41.4 Å². The van der Waals surface area contributed by atoms with Gasteiger partial charge in [-0.2, -0.15) is 0 Å². The zero-order valence-electron chi connectivity index (χ0n) is 16.8. The third kappa shape index (κ3) is 5.24. The highest BCUT2D eigenvalue weighted by atomic mass is 19.1. The molecule has 150 valence electrons. The molecule has 2 aromatic rings. The molecule has 4 nitrogen and oxygen atoms in total. The van der Waals surface area contributed by atoms with Crippen LogP contribution in [0.25, 0.3) is 0 Å². The molecule has 0 aromatic heterocycles. The van der Waals surface area contributed by atoms with Crippen LogP contribution in [0.5, 0.6) is 5.75 Å². The summed E-state index contributed by atoms with van der Waals surface area (Å²) in [4.78, 5) is 14.8. The van der Waals surface area contributed by atoms with Crippen LogP contribution in [0.1, 0.15) is 45.2 Å². The first-order valence-corrected chi connectivity index (χ1v) is 10.00. The van der Waals surface area contributed by atoms with E-state index in [1.165, 1.54) is 42.8 Å². The average Bonchev–Trinajstić information content (AvgIpc) is 2.70. The molecule has 1 aliphatic heterocycles. The molecule has 28 heavy (non-hydrogen) atoms. The number of nitrogens with zero attached hydrogens (tertiary/aromatic N) is 1. The second-order valence-electron chi connectivity index (χ2n) is 7.71. The Morgan fingerprint density at radius 3 is 2.29 bits per heavy atom. The Bertz CT molecular complexity index is 768. The minimum atomic E-state index is -0.664. The Kier molecular flexibility index (Phi) is 6.55. The van der Waals surface area contributed by atoms with Crippen LogP contribution in [0.2, 0.25) is 0 Å². The number of hydrogen-bond donors (Lipinski definition) is 1. The first-order chi connectivity index (χ1) is 13.4. The lowest BCUT2D eigenvalue weighted by molar-refractivity contribution is -0.127. The summed E-state index contributed by atoms with van der Waals surface area (Å²) in [6.07, 6.45) is 1.81. The molecule has 0 aliphatic carbocycles. The van der Waals surface area contributed by atoms with Gasteiger partial charge >= 0.3 is 0 Å². The number of rotatable bonds is 6. The maximum absolute atomic E-state index is 13.0. The van der Waals surface area contributed by atoms with Crippen molar-refractivity contribution in [2.75, 3.05) is 18.0 Å². The van der Waals surface area contributed by atoms with Gasteiger partial charge < -0.3 is 15.0 Å². The molecule has 1 amide bonds. The van der Waals surface area contributed by atoms with Crippen molar-refractivity contribution in [3.8, 4) is 5.75 Å². The van der Waals surface area contributed by atoms with E-state index in [9.17, 15) is 9.18 Å².